The molecule has 1 aromatic carbocycles. The van der Waals surface area contributed by atoms with Gasteiger partial charge in [0, 0.05) is 29.4 Å². The summed E-state index contributed by atoms with van der Waals surface area (Å²) in [5.74, 6) is -1.73. The Hall–Kier alpha value is -3.00. The Morgan fingerprint density at radius 2 is 1.87 bits per heavy atom. The Kier molecular flexibility index (Phi) is 6.84. The highest BCUT2D eigenvalue weighted by Gasteiger charge is 2.36. The van der Waals surface area contributed by atoms with Gasteiger partial charge in [-0.2, -0.15) is 0 Å². The number of pyridine rings is 1. The minimum Gasteiger partial charge on any atom is -0.357 e. The van der Waals surface area contributed by atoms with E-state index in [1.54, 1.807) is 6.20 Å². The van der Waals surface area contributed by atoms with E-state index in [2.05, 4.69) is 10.6 Å². The molecular weight excluding hydrogens is 488 g/mol. The van der Waals surface area contributed by atoms with E-state index in [1.807, 2.05) is 4.57 Å². The van der Waals surface area contributed by atoms with E-state index >= 15 is 0 Å². The maximum atomic E-state index is 14.5. The van der Waals surface area contributed by atoms with Crippen molar-refractivity contribution in [2.45, 2.75) is 102 Å². The van der Waals surface area contributed by atoms with Crippen LogP contribution in [0.25, 0.3) is 5.70 Å². The van der Waals surface area contributed by atoms with Crippen molar-refractivity contribution in [3.63, 3.8) is 0 Å². The largest absolute Gasteiger partial charge is 0.357 e. The standard InChI is InChI=1S/C30H35F2N3O3/c1-17-23(31)13-12-20(26(17)32)14-33-30(37)22-15-35-16-24(38-21-10-2-3-11-21)34-27(19-8-5-9-19)28(35)25(29(22)36)18-6-4-7-18/h12-13,15,18,21,24,34H,2-11,14,16H2,1H3,(H,33,37). The predicted octanol–water partition coefficient (Wildman–Crippen LogP) is 5.42. The molecule has 38 heavy (non-hydrogen) atoms. The Bertz CT molecular complexity index is 1350. The number of nitrogens with one attached hydrogen (secondary N) is 2. The molecule has 0 bridgehead atoms. The van der Waals surface area contributed by atoms with Gasteiger partial charge in [0.25, 0.3) is 5.91 Å². The summed E-state index contributed by atoms with van der Waals surface area (Å²) in [5, 5.41) is 6.35. The number of carbonyl (C=O) groups is 1. The fraction of sp³-hybridized carbons (Fsp3) is 0.533. The van der Waals surface area contributed by atoms with Crippen molar-refractivity contribution >= 4 is 11.6 Å². The summed E-state index contributed by atoms with van der Waals surface area (Å²) in [7, 11) is 0. The van der Waals surface area contributed by atoms with E-state index in [1.165, 1.54) is 37.5 Å². The quantitative estimate of drug-likeness (QED) is 0.531. The maximum absolute atomic E-state index is 14.5. The van der Waals surface area contributed by atoms with Gasteiger partial charge in [-0.15, -0.1) is 0 Å². The summed E-state index contributed by atoms with van der Waals surface area (Å²) in [6.07, 6.45) is 12.2. The van der Waals surface area contributed by atoms with Gasteiger partial charge in [0.2, 0.25) is 0 Å². The Morgan fingerprint density at radius 3 is 2.53 bits per heavy atom. The Labute approximate surface area is 221 Å². The second kappa shape index (κ2) is 10.3. The maximum Gasteiger partial charge on any atom is 0.257 e. The van der Waals surface area contributed by atoms with Gasteiger partial charge < -0.3 is 19.9 Å². The van der Waals surface area contributed by atoms with E-state index < -0.39 is 17.5 Å². The number of aromatic nitrogens is 1. The first-order valence-electron chi connectivity index (χ1n) is 14.0. The van der Waals surface area contributed by atoms with Crippen LogP contribution >= 0.6 is 0 Å². The molecule has 3 saturated carbocycles. The summed E-state index contributed by atoms with van der Waals surface area (Å²) in [6.45, 7) is 1.74. The molecule has 8 heteroatoms. The topological polar surface area (TPSA) is 72.4 Å². The molecular formula is C30H35F2N3O3. The first-order chi connectivity index (χ1) is 18.4. The van der Waals surface area contributed by atoms with Crippen LogP contribution in [0.3, 0.4) is 0 Å². The van der Waals surface area contributed by atoms with Crippen molar-refractivity contribution < 1.29 is 18.3 Å². The van der Waals surface area contributed by atoms with Crippen LogP contribution in [0.2, 0.25) is 0 Å². The van der Waals surface area contributed by atoms with Crippen molar-refractivity contribution in [1.29, 1.82) is 0 Å². The Balaban J connectivity index is 1.35. The highest BCUT2D eigenvalue weighted by molar-refractivity contribution is 5.94. The smallest absolute Gasteiger partial charge is 0.257 e. The van der Waals surface area contributed by atoms with Crippen molar-refractivity contribution in [1.82, 2.24) is 15.2 Å². The van der Waals surface area contributed by atoms with Gasteiger partial charge in [0.05, 0.1) is 24.0 Å². The van der Waals surface area contributed by atoms with E-state index in [-0.39, 0.29) is 46.9 Å². The van der Waals surface area contributed by atoms with Crippen LogP contribution in [0.1, 0.15) is 103 Å². The first kappa shape index (κ1) is 25.3. The second-order valence-electron chi connectivity index (χ2n) is 11.3. The highest BCUT2D eigenvalue weighted by Crippen LogP contribution is 2.42. The van der Waals surface area contributed by atoms with Crippen LogP contribution in [0.15, 0.2) is 28.7 Å². The summed E-state index contributed by atoms with van der Waals surface area (Å²) in [5.41, 5.74) is 3.87. The van der Waals surface area contributed by atoms with Crippen LogP contribution in [0, 0.1) is 18.6 Å². The summed E-state index contributed by atoms with van der Waals surface area (Å²) < 4.78 is 36.7. The lowest BCUT2D eigenvalue weighted by Gasteiger charge is -2.39. The van der Waals surface area contributed by atoms with Crippen LogP contribution in [-0.4, -0.2) is 22.8 Å². The summed E-state index contributed by atoms with van der Waals surface area (Å²) >= 11 is 0. The molecule has 2 N–H and O–H groups in total. The van der Waals surface area contributed by atoms with Gasteiger partial charge in [0.15, 0.2) is 5.43 Å². The third kappa shape index (κ3) is 4.57. The van der Waals surface area contributed by atoms with Gasteiger partial charge in [-0.05, 0) is 69.4 Å². The minimum absolute atomic E-state index is 0.0642. The third-order valence-electron chi connectivity index (χ3n) is 8.79. The molecule has 4 aliphatic rings. The van der Waals surface area contributed by atoms with E-state index in [0.717, 1.165) is 62.8 Å². The number of ether oxygens (including phenoxy) is 1. The molecule has 1 aromatic heterocycles. The molecule has 1 atom stereocenters. The number of allylic oxidation sites excluding steroid dienone is 1. The predicted molar refractivity (Wildman–Crippen MR) is 141 cm³/mol. The monoisotopic (exact) mass is 523 g/mol. The number of amides is 1. The number of carbonyl (C=O) groups excluding carboxylic acids is 1. The number of benzene rings is 1. The van der Waals surface area contributed by atoms with Crippen LogP contribution < -0.4 is 16.1 Å². The molecule has 6 rings (SSSR count). The van der Waals surface area contributed by atoms with Crippen LogP contribution in [0.5, 0.6) is 0 Å². The van der Waals surface area contributed by atoms with Crippen LogP contribution in [-0.2, 0) is 17.8 Å². The molecule has 2 aromatic rings. The molecule has 1 unspecified atom stereocenters. The molecule has 0 radical (unpaired) electrons. The number of halogens is 2. The number of rotatable bonds is 6. The average Bonchev–Trinajstić information content (AvgIpc) is 3.34. The minimum atomic E-state index is -0.683. The lowest BCUT2D eigenvalue weighted by atomic mass is 9.77. The number of fused-ring (bicyclic) bond motifs is 1. The molecule has 1 aliphatic heterocycles. The second-order valence-corrected chi connectivity index (χ2v) is 11.3. The van der Waals surface area contributed by atoms with E-state index in [9.17, 15) is 18.4 Å². The highest BCUT2D eigenvalue weighted by atomic mass is 19.1. The van der Waals surface area contributed by atoms with Gasteiger partial charge in [-0.25, -0.2) is 8.78 Å². The first-order valence-corrected chi connectivity index (χ1v) is 14.0. The normalized spacial score (nSPS) is 21.5. The van der Waals surface area contributed by atoms with E-state index in [4.69, 9.17) is 4.74 Å². The van der Waals surface area contributed by atoms with Crippen molar-refractivity contribution in [3.05, 3.63) is 73.7 Å². The number of nitrogens with zero attached hydrogens (tertiary/aromatic N) is 1. The van der Waals surface area contributed by atoms with Gasteiger partial charge in [-0.1, -0.05) is 25.3 Å². The summed E-state index contributed by atoms with van der Waals surface area (Å²) in [4.78, 5) is 27.2. The number of hydrogen-bond acceptors (Lipinski definition) is 4. The van der Waals surface area contributed by atoms with Gasteiger partial charge in [0.1, 0.15) is 23.4 Å². The third-order valence-corrected chi connectivity index (χ3v) is 8.79. The van der Waals surface area contributed by atoms with Gasteiger partial charge >= 0.3 is 0 Å². The zero-order valence-corrected chi connectivity index (χ0v) is 21.9. The lowest BCUT2D eigenvalue weighted by molar-refractivity contribution is -0.0299. The summed E-state index contributed by atoms with van der Waals surface area (Å²) in [6, 6.07) is 2.51. The SMILES string of the molecule is Cc1c(F)ccc(CNC(=O)c2cn3c(c(C4CCC4)c2=O)C(=C2CCC2)NC(OC2CCCC2)C3)c1F. The lowest BCUT2D eigenvalue weighted by Crippen LogP contribution is -2.46. The molecule has 6 nitrogen and oxygen atoms in total. The Morgan fingerprint density at radius 1 is 1.11 bits per heavy atom. The fourth-order valence-electron chi connectivity index (χ4n) is 6.13. The van der Waals surface area contributed by atoms with E-state index in [0.29, 0.717) is 12.1 Å². The molecule has 0 saturated heterocycles. The zero-order chi connectivity index (χ0) is 26.4. The molecule has 0 spiro atoms. The molecule has 2 heterocycles. The molecule has 3 aliphatic carbocycles. The van der Waals surface area contributed by atoms with Gasteiger partial charge in [-0.3, -0.25) is 9.59 Å². The average molecular weight is 524 g/mol. The zero-order valence-electron chi connectivity index (χ0n) is 21.9. The van der Waals surface area contributed by atoms with Crippen molar-refractivity contribution in [2.24, 2.45) is 0 Å². The fourth-order valence-corrected chi connectivity index (χ4v) is 6.13. The molecule has 3 fully saturated rings. The van der Waals surface area contributed by atoms with Crippen molar-refractivity contribution in [3.8, 4) is 0 Å². The van der Waals surface area contributed by atoms with Crippen molar-refractivity contribution in [2.75, 3.05) is 0 Å². The molecule has 1 amide bonds. The number of hydrogen-bond donors (Lipinski definition) is 2. The molecule has 202 valence electrons. The van der Waals surface area contributed by atoms with Crippen LogP contribution in [0.4, 0.5) is 8.78 Å².